The van der Waals surface area contributed by atoms with Gasteiger partial charge < -0.3 is 24.6 Å². The van der Waals surface area contributed by atoms with E-state index in [9.17, 15) is 4.79 Å². The highest BCUT2D eigenvalue weighted by Gasteiger charge is 2.28. The van der Waals surface area contributed by atoms with Crippen LogP contribution < -0.4 is 15.0 Å². The van der Waals surface area contributed by atoms with E-state index in [1.807, 2.05) is 69.3 Å². The number of amides is 1. The summed E-state index contributed by atoms with van der Waals surface area (Å²) >= 11 is 1.60. The van der Waals surface area contributed by atoms with Crippen molar-refractivity contribution >= 4 is 28.5 Å². The summed E-state index contributed by atoms with van der Waals surface area (Å²) in [7, 11) is 1.66. The number of ether oxygens (including phenoxy) is 2. The third kappa shape index (κ3) is 6.94. The smallest absolute Gasteiger partial charge is 0.410 e. The summed E-state index contributed by atoms with van der Waals surface area (Å²) < 4.78 is 10.9. The fourth-order valence-electron chi connectivity index (χ4n) is 4.54. The largest absolute Gasteiger partial charge is 0.497 e. The normalized spacial score (nSPS) is 14.5. The number of carbonyl (C=O) groups excluding carboxylic acids is 1. The van der Waals surface area contributed by atoms with Crippen molar-refractivity contribution in [1.82, 2.24) is 19.9 Å². The molecule has 2 aromatic carbocycles. The van der Waals surface area contributed by atoms with E-state index in [2.05, 4.69) is 34.3 Å². The van der Waals surface area contributed by atoms with Crippen molar-refractivity contribution in [1.29, 1.82) is 0 Å². The van der Waals surface area contributed by atoms with Crippen LogP contribution in [0.5, 0.6) is 5.75 Å². The van der Waals surface area contributed by atoms with Crippen molar-refractivity contribution in [2.24, 2.45) is 0 Å². The van der Waals surface area contributed by atoms with E-state index in [1.165, 1.54) is 0 Å². The van der Waals surface area contributed by atoms with Gasteiger partial charge in [-0.15, -0.1) is 0 Å². The lowest BCUT2D eigenvalue weighted by Crippen LogP contribution is -2.50. The lowest BCUT2D eigenvalue weighted by atomic mass is 10.1. The van der Waals surface area contributed by atoms with Gasteiger partial charge in [-0.3, -0.25) is 0 Å². The number of carbonyl (C=O) groups is 1. The van der Waals surface area contributed by atoms with Crippen LogP contribution in [0.1, 0.15) is 39.3 Å². The Bertz CT molecular complexity index is 1460. The first-order valence-electron chi connectivity index (χ1n) is 13.7. The fourth-order valence-corrected chi connectivity index (χ4v) is 5.65. The predicted molar refractivity (Wildman–Crippen MR) is 164 cm³/mol. The monoisotopic (exact) mass is 572 g/mol. The Morgan fingerprint density at radius 2 is 1.68 bits per heavy atom. The van der Waals surface area contributed by atoms with Gasteiger partial charge in [-0.1, -0.05) is 41.7 Å². The molecule has 41 heavy (non-hydrogen) atoms. The Morgan fingerprint density at radius 1 is 0.976 bits per heavy atom. The Kier molecular flexibility index (Phi) is 8.39. The third-order valence-electron chi connectivity index (χ3n) is 6.71. The fraction of sp³-hybridized carbons (Fsp3) is 0.355. The summed E-state index contributed by atoms with van der Waals surface area (Å²) in [5.74, 6) is 1.34. The van der Waals surface area contributed by atoms with Crippen LogP contribution in [0, 0.1) is 0 Å². The van der Waals surface area contributed by atoms with Crippen molar-refractivity contribution in [2.75, 3.05) is 43.5 Å². The molecule has 2 aromatic heterocycles. The summed E-state index contributed by atoms with van der Waals surface area (Å²) in [6.07, 6.45) is 1.50. The molecule has 0 bridgehead atoms. The van der Waals surface area contributed by atoms with E-state index in [0.29, 0.717) is 32.1 Å². The second kappa shape index (κ2) is 12.1. The number of hydrogen-bond donors (Lipinski definition) is 1. The molecule has 1 aliphatic heterocycles. The molecular formula is C31H36N6O3S. The summed E-state index contributed by atoms with van der Waals surface area (Å²) in [5.41, 5.74) is 3.26. The average Bonchev–Trinajstić information content (AvgIpc) is 3.43. The van der Waals surface area contributed by atoms with Gasteiger partial charge in [-0.25, -0.2) is 19.7 Å². The maximum absolute atomic E-state index is 12.6. The number of piperazine rings is 1. The zero-order chi connectivity index (χ0) is 29.0. The highest BCUT2D eigenvalue weighted by Crippen LogP contribution is 2.40. The molecule has 3 heterocycles. The van der Waals surface area contributed by atoms with Crippen LogP contribution in [0.25, 0.3) is 21.8 Å². The minimum atomic E-state index is -0.518. The summed E-state index contributed by atoms with van der Waals surface area (Å²) in [6, 6.07) is 20.1. The standard InChI is InChI=1S/C31H36N6O3S/c1-21(22-9-7-6-8-10-22)33-28-32-16-15-25(34-28)27-26(23-11-13-24(39-5)14-12-23)35-29(41-27)36-17-19-37(20-18-36)30(38)40-31(2,3)4/h6-16,21H,17-20H2,1-5H3,(H,32,33,34)/t21-/m0/s1. The molecule has 1 fully saturated rings. The molecule has 4 aromatic rings. The molecule has 1 saturated heterocycles. The lowest BCUT2D eigenvalue weighted by molar-refractivity contribution is 0.0240. The topological polar surface area (TPSA) is 92.7 Å². The number of anilines is 2. The minimum absolute atomic E-state index is 0.0470. The van der Waals surface area contributed by atoms with E-state index in [4.69, 9.17) is 19.4 Å². The lowest BCUT2D eigenvalue weighted by Gasteiger charge is -2.35. The second-order valence-corrected chi connectivity index (χ2v) is 11.9. The summed E-state index contributed by atoms with van der Waals surface area (Å²) in [5, 5.41) is 4.32. The maximum atomic E-state index is 12.6. The van der Waals surface area contributed by atoms with Crippen LogP contribution in [0.15, 0.2) is 66.9 Å². The quantitative estimate of drug-likeness (QED) is 0.268. The number of nitrogens with one attached hydrogen (secondary N) is 1. The van der Waals surface area contributed by atoms with Crippen molar-refractivity contribution in [3.8, 4) is 27.6 Å². The van der Waals surface area contributed by atoms with Gasteiger partial charge in [0.1, 0.15) is 11.4 Å². The Labute approximate surface area is 245 Å². The molecular weight excluding hydrogens is 536 g/mol. The molecule has 5 rings (SSSR count). The minimum Gasteiger partial charge on any atom is -0.497 e. The van der Waals surface area contributed by atoms with Crippen LogP contribution in [-0.2, 0) is 4.74 Å². The number of rotatable bonds is 7. The summed E-state index contributed by atoms with van der Waals surface area (Å²) in [4.78, 5) is 32.0. The van der Waals surface area contributed by atoms with Gasteiger partial charge in [0.25, 0.3) is 0 Å². The van der Waals surface area contributed by atoms with Gasteiger partial charge in [-0.05, 0) is 63.6 Å². The third-order valence-corrected chi connectivity index (χ3v) is 7.85. The zero-order valence-electron chi connectivity index (χ0n) is 24.1. The Balaban J connectivity index is 1.41. The van der Waals surface area contributed by atoms with Gasteiger partial charge in [0, 0.05) is 37.9 Å². The van der Waals surface area contributed by atoms with E-state index >= 15 is 0 Å². The SMILES string of the molecule is COc1ccc(-c2nc(N3CCN(C(=O)OC(C)(C)C)CC3)sc2-c2ccnc(N[C@@H](C)c3ccccc3)n2)cc1. The highest BCUT2D eigenvalue weighted by atomic mass is 32.1. The molecule has 214 valence electrons. The number of benzene rings is 2. The number of hydrogen-bond acceptors (Lipinski definition) is 9. The van der Waals surface area contributed by atoms with Crippen LogP contribution in [0.2, 0.25) is 0 Å². The average molecular weight is 573 g/mol. The molecule has 0 saturated carbocycles. The molecule has 0 unspecified atom stereocenters. The van der Waals surface area contributed by atoms with Gasteiger partial charge in [0.15, 0.2) is 5.13 Å². The van der Waals surface area contributed by atoms with E-state index in [0.717, 1.165) is 38.3 Å². The molecule has 0 radical (unpaired) electrons. The van der Waals surface area contributed by atoms with Gasteiger partial charge in [0.2, 0.25) is 5.95 Å². The van der Waals surface area contributed by atoms with Crippen molar-refractivity contribution < 1.29 is 14.3 Å². The van der Waals surface area contributed by atoms with Crippen molar-refractivity contribution in [3.05, 3.63) is 72.4 Å². The van der Waals surface area contributed by atoms with Crippen molar-refractivity contribution in [3.63, 3.8) is 0 Å². The van der Waals surface area contributed by atoms with Crippen LogP contribution in [0.3, 0.4) is 0 Å². The number of methoxy groups -OCH3 is 1. The highest BCUT2D eigenvalue weighted by molar-refractivity contribution is 7.19. The van der Waals surface area contributed by atoms with Gasteiger partial charge in [0.05, 0.1) is 29.4 Å². The Hall–Kier alpha value is -4.18. The molecule has 0 spiro atoms. The van der Waals surface area contributed by atoms with Crippen LogP contribution in [-0.4, -0.2) is 64.8 Å². The van der Waals surface area contributed by atoms with Gasteiger partial charge >= 0.3 is 6.09 Å². The zero-order valence-corrected chi connectivity index (χ0v) is 24.9. The Morgan fingerprint density at radius 3 is 2.34 bits per heavy atom. The van der Waals surface area contributed by atoms with E-state index in [1.54, 1.807) is 29.5 Å². The van der Waals surface area contributed by atoms with Gasteiger partial charge in [-0.2, -0.15) is 0 Å². The maximum Gasteiger partial charge on any atom is 0.410 e. The molecule has 0 aliphatic carbocycles. The molecule has 9 nitrogen and oxygen atoms in total. The first kappa shape index (κ1) is 28.4. The molecule has 1 amide bonds. The molecule has 1 N–H and O–H groups in total. The van der Waals surface area contributed by atoms with E-state index < -0.39 is 5.60 Å². The van der Waals surface area contributed by atoms with Crippen molar-refractivity contribution in [2.45, 2.75) is 39.3 Å². The molecule has 10 heteroatoms. The number of aromatic nitrogens is 3. The first-order valence-corrected chi connectivity index (χ1v) is 14.5. The molecule has 1 atom stereocenters. The number of thiazole rings is 1. The van der Waals surface area contributed by atoms with E-state index in [-0.39, 0.29) is 12.1 Å². The number of nitrogens with zero attached hydrogens (tertiary/aromatic N) is 5. The van der Waals surface area contributed by atoms with Crippen LogP contribution >= 0.6 is 11.3 Å². The van der Waals surface area contributed by atoms with Crippen LogP contribution in [0.4, 0.5) is 15.9 Å². The predicted octanol–water partition coefficient (Wildman–Crippen LogP) is 6.51. The second-order valence-electron chi connectivity index (χ2n) is 10.9. The molecule has 1 aliphatic rings. The summed E-state index contributed by atoms with van der Waals surface area (Å²) in [6.45, 7) is 10.2. The first-order chi connectivity index (χ1) is 19.7.